The van der Waals surface area contributed by atoms with Gasteiger partial charge >= 0.3 is 0 Å². The zero-order valence-corrected chi connectivity index (χ0v) is 12.9. The van der Waals surface area contributed by atoms with Crippen LogP contribution in [-0.4, -0.2) is 18.4 Å². The van der Waals surface area contributed by atoms with Gasteiger partial charge in [0.25, 0.3) is 5.91 Å². The Morgan fingerprint density at radius 2 is 1.91 bits per heavy atom. The summed E-state index contributed by atoms with van der Waals surface area (Å²) in [5.41, 5.74) is 3.70. The van der Waals surface area contributed by atoms with Gasteiger partial charge < -0.3 is 15.4 Å². The van der Waals surface area contributed by atoms with Gasteiger partial charge in [0, 0.05) is 6.54 Å². The lowest BCUT2D eigenvalue weighted by Crippen LogP contribution is -2.26. The molecular formula is C18H18N2O3. The number of benzene rings is 2. The molecule has 0 unspecified atom stereocenters. The largest absolute Gasteiger partial charge is 0.482 e. The van der Waals surface area contributed by atoms with Crippen LogP contribution in [0.15, 0.2) is 42.5 Å². The Bertz CT molecular complexity index is 738. The molecule has 23 heavy (non-hydrogen) atoms. The first kappa shape index (κ1) is 15.1. The summed E-state index contributed by atoms with van der Waals surface area (Å²) in [5, 5.41) is 5.64. The van der Waals surface area contributed by atoms with E-state index in [1.807, 2.05) is 37.3 Å². The standard InChI is InChI=1S/C18H18N2O3/c1-12-2-4-13(5-3-12)10-19-17(21)9-14-6-7-16-15(8-14)20-18(22)11-23-16/h2-8H,9-11H2,1H3,(H,19,21)(H,20,22). The Hall–Kier alpha value is -2.82. The van der Waals surface area contributed by atoms with Crippen molar-refractivity contribution < 1.29 is 14.3 Å². The summed E-state index contributed by atoms with van der Waals surface area (Å²) in [7, 11) is 0. The maximum atomic E-state index is 12.1. The zero-order valence-electron chi connectivity index (χ0n) is 12.9. The smallest absolute Gasteiger partial charge is 0.262 e. The third-order valence-electron chi connectivity index (χ3n) is 3.65. The maximum Gasteiger partial charge on any atom is 0.262 e. The van der Waals surface area contributed by atoms with E-state index in [9.17, 15) is 9.59 Å². The highest BCUT2D eigenvalue weighted by atomic mass is 16.5. The second-order valence-corrected chi connectivity index (χ2v) is 5.61. The Morgan fingerprint density at radius 3 is 2.70 bits per heavy atom. The Labute approximate surface area is 134 Å². The minimum Gasteiger partial charge on any atom is -0.482 e. The lowest BCUT2D eigenvalue weighted by Gasteiger charge is -2.18. The van der Waals surface area contributed by atoms with Crippen molar-refractivity contribution in [2.45, 2.75) is 19.9 Å². The fourth-order valence-electron chi connectivity index (χ4n) is 2.39. The number of ether oxygens (including phenoxy) is 1. The highest BCUT2D eigenvalue weighted by Gasteiger charge is 2.16. The molecule has 0 spiro atoms. The van der Waals surface area contributed by atoms with E-state index in [-0.39, 0.29) is 24.8 Å². The van der Waals surface area contributed by atoms with Gasteiger partial charge in [-0.3, -0.25) is 9.59 Å². The molecule has 2 aromatic carbocycles. The molecule has 5 heteroatoms. The molecule has 0 bridgehead atoms. The lowest BCUT2D eigenvalue weighted by molar-refractivity contribution is -0.120. The normalized spacial score (nSPS) is 12.8. The van der Waals surface area contributed by atoms with Crippen LogP contribution in [0.25, 0.3) is 0 Å². The molecule has 2 amide bonds. The van der Waals surface area contributed by atoms with E-state index < -0.39 is 0 Å². The third kappa shape index (κ3) is 3.88. The second-order valence-electron chi connectivity index (χ2n) is 5.61. The molecule has 0 aromatic heterocycles. The Kier molecular flexibility index (Phi) is 4.28. The molecule has 1 aliphatic heterocycles. The monoisotopic (exact) mass is 310 g/mol. The average molecular weight is 310 g/mol. The van der Waals surface area contributed by atoms with E-state index in [2.05, 4.69) is 10.6 Å². The van der Waals surface area contributed by atoms with Crippen molar-refractivity contribution in [3.05, 3.63) is 59.2 Å². The molecule has 0 saturated heterocycles. The van der Waals surface area contributed by atoms with E-state index in [0.29, 0.717) is 18.0 Å². The number of hydrogen-bond donors (Lipinski definition) is 2. The summed E-state index contributed by atoms with van der Waals surface area (Å²) in [5.74, 6) is 0.389. The van der Waals surface area contributed by atoms with Gasteiger partial charge in [-0.25, -0.2) is 0 Å². The van der Waals surface area contributed by atoms with Crippen molar-refractivity contribution in [2.75, 3.05) is 11.9 Å². The van der Waals surface area contributed by atoms with Gasteiger partial charge in [-0.05, 0) is 30.2 Å². The van der Waals surface area contributed by atoms with Gasteiger partial charge in [0.1, 0.15) is 5.75 Å². The average Bonchev–Trinajstić information content (AvgIpc) is 2.54. The molecule has 1 aliphatic rings. The summed E-state index contributed by atoms with van der Waals surface area (Å²) in [6.45, 7) is 2.56. The summed E-state index contributed by atoms with van der Waals surface area (Å²) >= 11 is 0. The number of nitrogens with one attached hydrogen (secondary N) is 2. The highest BCUT2D eigenvalue weighted by Crippen LogP contribution is 2.28. The number of carbonyl (C=O) groups is 2. The summed E-state index contributed by atoms with van der Waals surface area (Å²) in [6, 6.07) is 13.4. The van der Waals surface area contributed by atoms with Crippen molar-refractivity contribution in [1.29, 1.82) is 0 Å². The van der Waals surface area contributed by atoms with Crippen LogP contribution < -0.4 is 15.4 Å². The molecule has 3 rings (SSSR count). The van der Waals surface area contributed by atoms with Crippen LogP contribution >= 0.6 is 0 Å². The number of anilines is 1. The fraction of sp³-hybridized carbons (Fsp3) is 0.222. The van der Waals surface area contributed by atoms with Crippen LogP contribution in [0, 0.1) is 6.92 Å². The van der Waals surface area contributed by atoms with E-state index in [1.165, 1.54) is 5.56 Å². The van der Waals surface area contributed by atoms with E-state index in [0.717, 1.165) is 11.1 Å². The summed E-state index contributed by atoms with van der Waals surface area (Å²) in [6.07, 6.45) is 0.259. The zero-order chi connectivity index (χ0) is 16.2. The van der Waals surface area contributed by atoms with Crippen molar-refractivity contribution >= 4 is 17.5 Å². The van der Waals surface area contributed by atoms with Crippen molar-refractivity contribution in [3.63, 3.8) is 0 Å². The molecule has 1 heterocycles. The van der Waals surface area contributed by atoms with Crippen LogP contribution in [0.3, 0.4) is 0 Å². The molecule has 5 nitrogen and oxygen atoms in total. The molecule has 118 valence electrons. The molecule has 0 atom stereocenters. The Morgan fingerprint density at radius 1 is 1.17 bits per heavy atom. The van der Waals surface area contributed by atoms with Crippen LogP contribution in [-0.2, 0) is 22.6 Å². The molecule has 2 N–H and O–H groups in total. The quantitative estimate of drug-likeness (QED) is 0.909. The lowest BCUT2D eigenvalue weighted by atomic mass is 10.1. The molecular weight excluding hydrogens is 292 g/mol. The van der Waals surface area contributed by atoms with E-state index in [4.69, 9.17) is 4.74 Å². The van der Waals surface area contributed by atoms with E-state index in [1.54, 1.807) is 12.1 Å². The first-order chi connectivity index (χ1) is 11.1. The topological polar surface area (TPSA) is 67.4 Å². The van der Waals surface area contributed by atoms with Gasteiger partial charge in [0.05, 0.1) is 12.1 Å². The van der Waals surface area contributed by atoms with Gasteiger partial charge in [-0.15, -0.1) is 0 Å². The first-order valence-corrected chi connectivity index (χ1v) is 7.48. The first-order valence-electron chi connectivity index (χ1n) is 7.48. The van der Waals surface area contributed by atoms with Gasteiger partial charge in [-0.1, -0.05) is 35.9 Å². The van der Waals surface area contributed by atoms with Gasteiger partial charge in [0.15, 0.2) is 6.61 Å². The van der Waals surface area contributed by atoms with Crippen LogP contribution in [0.5, 0.6) is 5.75 Å². The van der Waals surface area contributed by atoms with Crippen molar-refractivity contribution in [1.82, 2.24) is 5.32 Å². The summed E-state index contributed by atoms with van der Waals surface area (Å²) in [4.78, 5) is 23.4. The number of fused-ring (bicyclic) bond motifs is 1. The SMILES string of the molecule is Cc1ccc(CNC(=O)Cc2ccc3c(c2)NC(=O)CO3)cc1. The third-order valence-corrected chi connectivity index (χ3v) is 3.65. The molecule has 2 aromatic rings. The number of amides is 2. The molecule has 0 saturated carbocycles. The minimum absolute atomic E-state index is 0.0311. The van der Waals surface area contributed by atoms with Crippen molar-refractivity contribution in [3.8, 4) is 5.75 Å². The van der Waals surface area contributed by atoms with Crippen molar-refractivity contribution in [2.24, 2.45) is 0 Å². The number of carbonyl (C=O) groups excluding carboxylic acids is 2. The number of hydrogen-bond acceptors (Lipinski definition) is 3. The molecule has 0 radical (unpaired) electrons. The fourth-order valence-corrected chi connectivity index (χ4v) is 2.39. The maximum absolute atomic E-state index is 12.1. The molecule has 0 aliphatic carbocycles. The predicted molar refractivity (Wildman–Crippen MR) is 87.3 cm³/mol. The summed E-state index contributed by atoms with van der Waals surface area (Å²) < 4.78 is 5.30. The minimum atomic E-state index is -0.182. The van der Waals surface area contributed by atoms with Crippen LogP contribution in [0.1, 0.15) is 16.7 Å². The van der Waals surface area contributed by atoms with Crippen LogP contribution in [0.2, 0.25) is 0 Å². The second kappa shape index (κ2) is 6.52. The van der Waals surface area contributed by atoms with Gasteiger partial charge in [0.2, 0.25) is 5.91 Å². The van der Waals surface area contributed by atoms with E-state index >= 15 is 0 Å². The van der Waals surface area contributed by atoms with Gasteiger partial charge in [-0.2, -0.15) is 0 Å². The number of aryl methyl sites for hydroxylation is 1. The van der Waals surface area contributed by atoms with Crippen LogP contribution in [0.4, 0.5) is 5.69 Å². The predicted octanol–water partition coefficient (Wildman–Crippen LogP) is 2.18. The Balaban J connectivity index is 1.58. The number of rotatable bonds is 4. The highest BCUT2D eigenvalue weighted by molar-refractivity contribution is 5.95. The molecule has 0 fully saturated rings.